The van der Waals surface area contributed by atoms with E-state index in [0.717, 1.165) is 52.6 Å². The van der Waals surface area contributed by atoms with E-state index in [0.29, 0.717) is 11.6 Å². The summed E-state index contributed by atoms with van der Waals surface area (Å²) in [4.78, 5) is 66.1. The molecule has 6 N–H and O–H groups in total. The maximum atomic E-state index is 13.2. The van der Waals surface area contributed by atoms with Gasteiger partial charge < -0.3 is 34.5 Å². The molecule has 1 saturated heterocycles. The number of phosphoric acid groups is 3. The van der Waals surface area contributed by atoms with E-state index in [1.807, 2.05) is 12.1 Å². The Hall–Kier alpha value is -1.88. The average molecular weight is 643 g/mol. The van der Waals surface area contributed by atoms with Crippen LogP contribution < -0.4 is 11.2 Å². The van der Waals surface area contributed by atoms with Crippen LogP contribution in [-0.4, -0.2) is 68.8 Å². The molecule has 4 unspecified atom stereocenters. The third-order valence-electron chi connectivity index (χ3n) is 6.51. The van der Waals surface area contributed by atoms with E-state index < -0.39 is 65.9 Å². The zero-order chi connectivity index (χ0) is 30.2. The number of ether oxygens (including phenoxy) is 1. The van der Waals surface area contributed by atoms with Crippen LogP contribution in [0.5, 0.6) is 0 Å². The van der Waals surface area contributed by atoms with Crippen molar-refractivity contribution in [1.29, 1.82) is 0 Å². The second-order valence-corrected chi connectivity index (χ2v) is 13.8. The summed E-state index contributed by atoms with van der Waals surface area (Å²) < 4.78 is 52.9. The second kappa shape index (κ2) is 12.4. The van der Waals surface area contributed by atoms with Crippen LogP contribution in [0.15, 0.2) is 40.2 Å². The van der Waals surface area contributed by atoms with Crippen LogP contribution >= 0.6 is 23.5 Å². The highest BCUT2D eigenvalue weighted by molar-refractivity contribution is 7.66. The van der Waals surface area contributed by atoms with Crippen molar-refractivity contribution in [1.82, 2.24) is 14.1 Å². The van der Waals surface area contributed by atoms with Crippen molar-refractivity contribution in [3.05, 3.63) is 62.7 Å². The van der Waals surface area contributed by atoms with Gasteiger partial charge in [-0.3, -0.25) is 23.4 Å². The molecule has 6 atom stereocenters. The first-order valence-corrected chi connectivity index (χ1v) is 16.6. The van der Waals surface area contributed by atoms with Gasteiger partial charge >= 0.3 is 29.2 Å². The third kappa shape index (κ3) is 8.15. The van der Waals surface area contributed by atoms with Crippen LogP contribution in [-0.2, 0) is 38.1 Å². The molecule has 2 aliphatic rings. The Kier molecular flexibility index (Phi) is 9.68. The largest absolute Gasteiger partial charge is 0.490 e. The van der Waals surface area contributed by atoms with Crippen molar-refractivity contribution in [2.24, 2.45) is 0 Å². The second-order valence-electron chi connectivity index (χ2n) is 9.42. The Morgan fingerprint density at radius 2 is 1.66 bits per heavy atom. The van der Waals surface area contributed by atoms with Crippen LogP contribution in [0.25, 0.3) is 0 Å². The lowest BCUT2D eigenvalue weighted by Crippen LogP contribution is -2.43. The van der Waals surface area contributed by atoms with E-state index >= 15 is 0 Å². The summed E-state index contributed by atoms with van der Waals surface area (Å²) in [6, 6.07) is 4.74. The molecule has 2 aromatic rings. The van der Waals surface area contributed by atoms with E-state index in [1.54, 1.807) is 6.20 Å². The number of rotatable bonds is 11. The molecule has 3 heterocycles. The van der Waals surface area contributed by atoms with Gasteiger partial charge in [-0.1, -0.05) is 12.8 Å². The lowest BCUT2D eigenvalue weighted by atomic mass is 9.98. The Labute approximate surface area is 231 Å². The average Bonchev–Trinajstić information content (AvgIpc) is 3.48. The number of aliphatic hydroxyl groups excluding tert-OH is 2. The first kappa shape index (κ1) is 32.0. The Bertz CT molecular complexity index is 1520. The quantitative estimate of drug-likeness (QED) is 0.177. The van der Waals surface area contributed by atoms with E-state index in [9.17, 15) is 43.3 Å². The van der Waals surface area contributed by atoms with Gasteiger partial charge in [0.05, 0.1) is 18.8 Å². The highest BCUT2D eigenvalue weighted by atomic mass is 31.3. The van der Waals surface area contributed by atoms with Gasteiger partial charge in [-0.05, 0) is 36.5 Å². The standard InChI is InChI=1S/C20H28N3O15P3/c24-16-6-8-22(20(27)23(16)10-14-9-13(5-7-21-14)12-3-1-2-4-12)19-18(26)17(25)15(36-19)11-35-40(31,32)38-41(33,34)37-39(28,29)30/h5-9,12,15,17-19,25-26H,1-4,10-11H2,(H,31,32)(H,33,34)(H2,28,29,30)/t15-,17?,18?,19-/m1/s1. The van der Waals surface area contributed by atoms with E-state index in [1.165, 1.54) is 0 Å². The van der Waals surface area contributed by atoms with Gasteiger partial charge in [0.2, 0.25) is 0 Å². The molecule has 21 heteroatoms. The molecule has 0 radical (unpaired) electrons. The Morgan fingerprint density at radius 1 is 0.976 bits per heavy atom. The van der Waals surface area contributed by atoms with Gasteiger partial charge in [-0.15, -0.1) is 0 Å². The van der Waals surface area contributed by atoms with Crippen LogP contribution in [0.1, 0.15) is 49.1 Å². The third-order valence-corrected chi connectivity index (χ3v) is 10.3. The summed E-state index contributed by atoms with van der Waals surface area (Å²) in [5.74, 6) is 0.367. The lowest BCUT2D eigenvalue weighted by Gasteiger charge is -2.19. The smallest absolute Gasteiger partial charge is 0.387 e. The molecule has 1 aliphatic carbocycles. The molecule has 18 nitrogen and oxygen atoms in total. The molecule has 0 aromatic carbocycles. The highest BCUT2D eigenvalue weighted by Crippen LogP contribution is 2.66. The maximum Gasteiger partial charge on any atom is 0.490 e. The van der Waals surface area contributed by atoms with Crippen molar-refractivity contribution < 1.29 is 61.4 Å². The molecule has 228 valence electrons. The fourth-order valence-electron chi connectivity index (χ4n) is 4.70. The summed E-state index contributed by atoms with van der Waals surface area (Å²) >= 11 is 0. The van der Waals surface area contributed by atoms with Crippen LogP contribution in [0.3, 0.4) is 0 Å². The van der Waals surface area contributed by atoms with E-state index in [4.69, 9.17) is 14.5 Å². The summed E-state index contributed by atoms with van der Waals surface area (Å²) in [6.07, 6.45) is 0.0574. The first-order valence-electron chi connectivity index (χ1n) is 12.1. The number of hydrogen-bond acceptors (Lipinski definition) is 12. The Balaban J connectivity index is 1.48. The first-order chi connectivity index (χ1) is 19.1. The number of nitrogens with zero attached hydrogens (tertiary/aromatic N) is 3. The van der Waals surface area contributed by atoms with Crippen LogP contribution in [0, 0.1) is 0 Å². The molecular weight excluding hydrogens is 615 g/mol. The summed E-state index contributed by atoms with van der Waals surface area (Å²) in [5, 5.41) is 20.9. The molecule has 1 aliphatic heterocycles. The van der Waals surface area contributed by atoms with E-state index in [2.05, 4.69) is 18.1 Å². The van der Waals surface area contributed by atoms with Gasteiger partial charge in [-0.2, -0.15) is 8.62 Å². The van der Waals surface area contributed by atoms with Gasteiger partial charge in [0, 0.05) is 18.5 Å². The molecule has 2 aromatic heterocycles. The number of hydrogen-bond donors (Lipinski definition) is 6. The van der Waals surface area contributed by atoms with Crippen molar-refractivity contribution in [3.63, 3.8) is 0 Å². The fraction of sp³-hybridized carbons (Fsp3) is 0.550. The number of pyridine rings is 1. The predicted octanol–water partition coefficient (Wildman–Crippen LogP) is 0.0734. The summed E-state index contributed by atoms with van der Waals surface area (Å²) in [5.41, 5.74) is -0.0895. The molecule has 0 amide bonds. The minimum atomic E-state index is -5.78. The van der Waals surface area contributed by atoms with E-state index in [-0.39, 0.29) is 6.54 Å². The minimum Gasteiger partial charge on any atom is -0.387 e. The van der Waals surface area contributed by atoms with Crippen molar-refractivity contribution >= 4 is 23.5 Å². The zero-order valence-corrected chi connectivity index (χ0v) is 23.7. The summed E-state index contributed by atoms with van der Waals surface area (Å²) in [6.45, 7) is -1.26. The minimum absolute atomic E-state index is 0.195. The highest BCUT2D eigenvalue weighted by Gasteiger charge is 2.47. The predicted molar refractivity (Wildman–Crippen MR) is 135 cm³/mol. The normalized spacial score (nSPS) is 26.6. The molecular formula is C20H28N3O15P3. The maximum absolute atomic E-state index is 13.2. The van der Waals surface area contributed by atoms with Crippen molar-refractivity contribution in [3.8, 4) is 0 Å². The SMILES string of the molecule is O=c1ccn([C@@H]2O[C@H](COP(=O)(O)OP(=O)(O)OP(=O)(O)O)C(O)C2O)c(=O)n1Cc1cc(C2CCCC2)ccn1. The molecule has 2 fully saturated rings. The monoisotopic (exact) mass is 643 g/mol. The van der Waals surface area contributed by atoms with Gasteiger partial charge in [0.1, 0.15) is 18.3 Å². The van der Waals surface area contributed by atoms with Gasteiger partial charge in [-0.25, -0.2) is 18.5 Å². The van der Waals surface area contributed by atoms with Crippen molar-refractivity contribution in [2.45, 2.75) is 62.7 Å². The van der Waals surface area contributed by atoms with Gasteiger partial charge in [0.15, 0.2) is 6.23 Å². The van der Waals surface area contributed by atoms with Gasteiger partial charge in [0.25, 0.3) is 5.56 Å². The van der Waals surface area contributed by atoms with Crippen LogP contribution in [0.2, 0.25) is 0 Å². The number of phosphoric ester groups is 1. The topological polar surface area (TPSA) is 266 Å². The zero-order valence-electron chi connectivity index (χ0n) is 21.1. The molecule has 1 saturated carbocycles. The fourth-order valence-corrected chi connectivity index (χ4v) is 7.73. The number of aliphatic hydroxyl groups is 2. The molecule has 41 heavy (non-hydrogen) atoms. The Morgan fingerprint density at radius 3 is 2.32 bits per heavy atom. The summed E-state index contributed by atoms with van der Waals surface area (Å²) in [7, 11) is -16.9. The molecule has 0 bridgehead atoms. The van der Waals surface area contributed by atoms with Crippen LogP contribution in [0.4, 0.5) is 0 Å². The number of aromatic nitrogens is 3. The molecule has 0 spiro atoms. The molecule has 4 rings (SSSR count). The lowest BCUT2D eigenvalue weighted by molar-refractivity contribution is -0.0547. The van der Waals surface area contributed by atoms with Crippen molar-refractivity contribution in [2.75, 3.05) is 6.61 Å².